The molecule has 3 N–H and O–H groups in total. The third kappa shape index (κ3) is 6.91. The molecule has 31 heavy (non-hydrogen) atoms. The van der Waals surface area contributed by atoms with Gasteiger partial charge in [0, 0.05) is 5.92 Å². The van der Waals surface area contributed by atoms with Crippen LogP contribution in [0.4, 0.5) is 0 Å². The number of rotatable bonds is 10. The molecule has 0 aromatic heterocycles. The third-order valence-electron chi connectivity index (χ3n) is 7.08. The second kappa shape index (κ2) is 10.8. The number of aliphatic carboxylic acids is 1. The Hall–Kier alpha value is -1.66. The number of esters is 1. The van der Waals surface area contributed by atoms with Gasteiger partial charge in [0.05, 0.1) is 24.0 Å². The van der Waals surface area contributed by atoms with Crippen molar-refractivity contribution in [3.8, 4) is 0 Å². The summed E-state index contributed by atoms with van der Waals surface area (Å²) in [5.74, 6) is -0.347. The minimum atomic E-state index is -1.07. The van der Waals surface area contributed by atoms with Crippen molar-refractivity contribution in [2.24, 2.45) is 29.1 Å². The Morgan fingerprint density at radius 2 is 1.90 bits per heavy atom. The maximum atomic E-state index is 12.8. The number of carboxylic acids is 1. The Labute approximate surface area is 186 Å². The summed E-state index contributed by atoms with van der Waals surface area (Å²) in [4.78, 5) is 23.6. The summed E-state index contributed by atoms with van der Waals surface area (Å²) in [5.41, 5.74) is 0.682. The van der Waals surface area contributed by atoms with Crippen molar-refractivity contribution < 1.29 is 29.6 Å². The van der Waals surface area contributed by atoms with Gasteiger partial charge in [0.1, 0.15) is 6.10 Å². The minimum absolute atomic E-state index is 0.0523. The molecular weight excluding hydrogens is 396 g/mol. The summed E-state index contributed by atoms with van der Waals surface area (Å²) < 4.78 is 6.10. The second-order valence-electron chi connectivity index (χ2n) is 10.2. The van der Waals surface area contributed by atoms with Gasteiger partial charge in [0.15, 0.2) is 0 Å². The number of aliphatic hydroxyl groups is 2. The number of aliphatic hydroxyl groups excluding tert-OH is 2. The Morgan fingerprint density at radius 3 is 2.52 bits per heavy atom. The normalized spacial score (nSPS) is 30.2. The molecule has 7 atom stereocenters. The Kier molecular flexibility index (Phi) is 8.90. The van der Waals surface area contributed by atoms with Crippen molar-refractivity contribution in [1.82, 2.24) is 0 Å². The number of fused-ring (bicyclic) bond motifs is 1. The average molecular weight is 437 g/mol. The standard InChI is InChI=1S/C25H40O6/c1-6-25(4,5)24(30)31-21-12-15(2)11-17-8-7-16(3)20(23(17)21)10-9-18(26)13-19(27)14-22(28)29/h7-8,11,15-16,18-21,23,26-27H,6,9-10,12-14H2,1-5H3,(H,28,29)/t15-,16-,18?,19+,20-,21-,23-/m0/s1. The molecule has 6 heteroatoms. The number of hydrogen-bond acceptors (Lipinski definition) is 5. The van der Waals surface area contributed by atoms with Gasteiger partial charge in [-0.1, -0.05) is 39.0 Å². The lowest BCUT2D eigenvalue weighted by molar-refractivity contribution is -0.164. The summed E-state index contributed by atoms with van der Waals surface area (Å²) in [6.45, 7) is 10.1. The van der Waals surface area contributed by atoms with Gasteiger partial charge in [-0.25, -0.2) is 0 Å². The molecule has 0 saturated heterocycles. The lowest BCUT2D eigenvalue weighted by Crippen LogP contribution is -2.43. The van der Waals surface area contributed by atoms with Gasteiger partial charge < -0.3 is 20.1 Å². The van der Waals surface area contributed by atoms with Crippen molar-refractivity contribution in [3.05, 3.63) is 23.8 Å². The van der Waals surface area contributed by atoms with Gasteiger partial charge in [-0.2, -0.15) is 0 Å². The van der Waals surface area contributed by atoms with Gasteiger partial charge in [-0.15, -0.1) is 0 Å². The number of allylic oxidation sites excluding steroid dienone is 3. The Morgan fingerprint density at radius 1 is 1.23 bits per heavy atom. The van der Waals surface area contributed by atoms with E-state index in [9.17, 15) is 19.8 Å². The molecule has 6 nitrogen and oxygen atoms in total. The van der Waals surface area contributed by atoms with Crippen molar-refractivity contribution in [3.63, 3.8) is 0 Å². The van der Waals surface area contributed by atoms with Crippen LogP contribution < -0.4 is 0 Å². The topological polar surface area (TPSA) is 104 Å². The molecule has 0 heterocycles. The molecule has 0 saturated carbocycles. The van der Waals surface area contributed by atoms with Gasteiger partial charge >= 0.3 is 11.9 Å². The SMILES string of the molecule is CCC(C)(C)C(=O)O[C@H]1C[C@@H](C)C=C2C=C[C@H](C)[C@H](CCC(O)C[C@@H](O)CC(=O)O)[C@H]21. The number of carbonyl (C=O) groups is 2. The molecule has 0 aliphatic heterocycles. The lowest BCUT2D eigenvalue weighted by Gasteiger charge is -2.44. The number of carbonyl (C=O) groups excluding carboxylic acids is 1. The summed E-state index contributed by atoms with van der Waals surface area (Å²) in [6, 6.07) is 0. The fraction of sp³-hybridized carbons (Fsp3) is 0.760. The van der Waals surface area contributed by atoms with Crippen LogP contribution in [0.3, 0.4) is 0 Å². The Bertz CT molecular complexity index is 694. The maximum Gasteiger partial charge on any atom is 0.311 e. The highest BCUT2D eigenvalue weighted by Gasteiger charge is 2.42. The van der Waals surface area contributed by atoms with Crippen molar-refractivity contribution >= 4 is 11.9 Å². The van der Waals surface area contributed by atoms with E-state index < -0.39 is 23.6 Å². The quantitative estimate of drug-likeness (QED) is 0.445. The molecule has 1 unspecified atom stereocenters. The zero-order valence-corrected chi connectivity index (χ0v) is 19.6. The molecular formula is C25H40O6. The zero-order chi connectivity index (χ0) is 23.3. The van der Waals surface area contributed by atoms with E-state index in [4.69, 9.17) is 9.84 Å². The van der Waals surface area contributed by atoms with E-state index in [0.29, 0.717) is 25.2 Å². The summed E-state index contributed by atoms with van der Waals surface area (Å²) >= 11 is 0. The predicted molar refractivity (Wildman–Crippen MR) is 119 cm³/mol. The molecule has 0 spiro atoms. The van der Waals surface area contributed by atoms with Crippen LogP contribution >= 0.6 is 0 Å². The van der Waals surface area contributed by atoms with Crippen LogP contribution in [0.15, 0.2) is 23.8 Å². The zero-order valence-electron chi connectivity index (χ0n) is 19.6. The summed E-state index contributed by atoms with van der Waals surface area (Å²) in [5, 5.41) is 29.0. The van der Waals surface area contributed by atoms with Crippen LogP contribution in [0.25, 0.3) is 0 Å². The van der Waals surface area contributed by atoms with Gasteiger partial charge in [-0.05, 0) is 69.3 Å². The Balaban J connectivity index is 2.12. The summed E-state index contributed by atoms with van der Waals surface area (Å²) in [7, 11) is 0. The smallest absolute Gasteiger partial charge is 0.311 e. The van der Waals surface area contributed by atoms with Gasteiger partial charge in [-0.3, -0.25) is 9.59 Å². The average Bonchev–Trinajstić information content (AvgIpc) is 2.66. The van der Waals surface area contributed by atoms with Crippen molar-refractivity contribution in [2.45, 2.75) is 91.5 Å². The second-order valence-corrected chi connectivity index (χ2v) is 10.2. The van der Waals surface area contributed by atoms with Crippen molar-refractivity contribution in [2.75, 3.05) is 0 Å². The van der Waals surface area contributed by atoms with E-state index in [1.807, 2.05) is 20.8 Å². The summed E-state index contributed by atoms with van der Waals surface area (Å²) in [6.07, 6.45) is 6.98. The van der Waals surface area contributed by atoms with E-state index in [0.717, 1.165) is 6.42 Å². The van der Waals surface area contributed by atoms with Crippen LogP contribution in [0.5, 0.6) is 0 Å². The van der Waals surface area contributed by atoms with E-state index >= 15 is 0 Å². The maximum absolute atomic E-state index is 12.8. The first kappa shape index (κ1) is 25.6. The fourth-order valence-corrected chi connectivity index (χ4v) is 4.76. The van der Waals surface area contributed by atoms with Gasteiger partial charge in [0.2, 0.25) is 0 Å². The fourth-order valence-electron chi connectivity index (χ4n) is 4.76. The lowest BCUT2D eigenvalue weighted by atomic mass is 9.65. The number of ether oxygens (including phenoxy) is 1. The van der Waals surface area contributed by atoms with E-state index in [2.05, 4.69) is 32.1 Å². The first-order valence-corrected chi connectivity index (χ1v) is 11.6. The highest BCUT2D eigenvalue weighted by molar-refractivity contribution is 5.76. The molecule has 2 aliphatic rings. The highest BCUT2D eigenvalue weighted by Crippen LogP contribution is 2.45. The van der Waals surface area contributed by atoms with E-state index in [-0.39, 0.29) is 42.7 Å². The molecule has 176 valence electrons. The molecule has 0 fully saturated rings. The van der Waals surface area contributed by atoms with E-state index in [1.165, 1.54) is 5.57 Å². The monoisotopic (exact) mass is 436 g/mol. The third-order valence-corrected chi connectivity index (χ3v) is 7.08. The highest BCUT2D eigenvalue weighted by atomic mass is 16.5. The minimum Gasteiger partial charge on any atom is -0.481 e. The first-order valence-electron chi connectivity index (χ1n) is 11.6. The molecule has 2 rings (SSSR count). The van der Waals surface area contributed by atoms with Crippen LogP contribution in [-0.4, -0.2) is 45.6 Å². The molecule has 0 radical (unpaired) electrons. The molecule has 0 bridgehead atoms. The first-order chi connectivity index (χ1) is 14.4. The number of carboxylic acid groups (broad SMARTS) is 1. The van der Waals surface area contributed by atoms with Crippen LogP contribution in [-0.2, 0) is 14.3 Å². The molecule has 0 aromatic carbocycles. The molecule has 2 aliphatic carbocycles. The molecule has 0 amide bonds. The van der Waals surface area contributed by atoms with Crippen LogP contribution in [0.2, 0.25) is 0 Å². The van der Waals surface area contributed by atoms with Crippen molar-refractivity contribution in [1.29, 1.82) is 0 Å². The van der Waals surface area contributed by atoms with Crippen LogP contribution in [0, 0.1) is 29.1 Å². The largest absolute Gasteiger partial charge is 0.481 e. The predicted octanol–water partition coefficient (Wildman–Crippen LogP) is 4.11. The van der Waals surface area contributed by atoms with E-state index in [1.54, 1.807) is 0 Å². The number of hydrogen-bond donors (Lipinski definition) is 3. The van der Waals surface area contributed by atoms with Crippen LogP contribution in [0.1, 0.15) is 73.1 Å². The molecule has 0 aromatic rings. The van der Waals surface area contributed by atoms with Gasteiger partial charge in [0.25, 0.3) is 0 Å².